The van der Waals surface area contributed by atoms with Crippen LogP contribution in [0.3, 0.4) is 0 Å². The van der Waals surface area contributed by atoms with Crippen LogP contribution in [0.25, 0.3) is 17.3 Å². The first-order valence-electron chi connectivity index (χ1n) is 8.77. The highest BCUT2D eigenvalue weighted by atomic mass is 19.1. The van der Waals surface area contributed by atoms with Gasteiger partial charge in [0, 0.05) is 20.0 Å². The van der Waals surface area contributed by atoms with Crippen LogP contribution in [-0.4, -0.2) is 54.5 Å². The van der Waals surface area contributed by atoms with E-state index >= 15 is 0 Å². The van der Waals surface area contributed by atoms with Crippen LogP contribution in [0.15, 0.2) is 59.5 Å². The van der Waals surface area contributed by atoms with E-state index in [1.165, 1.54) is 16.9 Å². The second-order valence-corrected chi connectivity index (χ2v) is 6.19. The molecule has 29 heavy (non-hydrogen) atoms. The maximum absolute atomic E-state index is 13.0. The zero-order valence-electron chi connectivity index (χ0n) is 15.4. The molecule has 0 saturated carbocycles. The van der Waals surface area contributed by atoms with Gasteiger partial charge in [0.15, 0.2) is 5.82 Å². The molecule has 0 aliphatic carbocycles. The zero-order valence-corrected chi connectivity index (χ0v) is 15.4. The number of rotatable bonds is 6. The first-order valence-corrected chi connectivity index (χ1v) is 8.77. The number of likely N-dealkylation sites (N-methyl/N-ethyl adjacent to an activating group) is 1. The normalized spacial score (nSPS) is 10.8. The maximum atomic E-state index is 13.0. The van der Waals surface area contributed by atoms with Crippen LogP contribution in [0.1, 0.15) is 16.2 Å². The van der Waals surface area contributed by atoms with Gasteiger partial charge in [-0.3, -0.25) is 4.79 Å². The molecule has 4 aromatic rings. The summed E-state index contributed by atoms with van der Waals surface area (Å²) in [5.74, 6) is -0.00192. The van der Waals surface area contributed by atoms with Crippen LogP contribution < -0.4 is 0 Å². The van der Waals surface area contributed by atoms with E-state index in [-0.39, 0.29) is 11.8 Å². The number of benzene rings is 1. The summed E-state index contributed by atoms with van der Waals surface area (Å²) in [6, 6.07) is 9.84. The lowest BCUT2D eigenvalue weighted by Gasteiger charge is -2.17. The Kier molecular flexibility index (Phi) is 5.06. The van der Waals surface area contributed by atoms with E-state index < -0.39 is 5.82 Å². The van der Waals surface area contributed by atoms with Gasteiger partial charge in [-0.25, -0.2) is 9.37 Å². The molecule has 0 saturated heterocycles. The van der Waals surface area contributed by atoms with E-state index in [0.717, 1.165) is 6.20 Å². The number of carbonyl (C=O) groups excluding carboxylic acids is 1. The van der Waals surface area contributed by atoms with Crippen LogP contribution in [0.4, 0.5) is 4.39 Å². The second-order valence-electron chi connectivity index (χ2n) is 6.19. The maximum Gasteiger partial charge on any atom is 0.276 e. The number of pyridine rings is 1. The molecule has 4 rings (SSSR count). The van der Waals surface area contributed by atoms with Crippen LogP contribution in [0.5, 0.6) is 0 Å². The fraction of sp³-hybridized carbons (Fsp3) is 0.158. The van der Waals surface area contributed by atoms with E-state index in [4.69, 9.17) is 4.52 Å². The molecule has 0 bridgehead atoms. The second kappa shape index (κ2) is 7.97. The minimum atomic E-state index is -0.445. The number of para-hydroxylation sites is 1. The van der Waals surface area contributed by atoms with E-state index in [1.807, 2.05) is 6.07 Å². The average Bonchev–Trinajstić information content (AvgIpc) is 3.44. The summed E-state index contributed by atoms with van der Waals surface area (Å²) in [5, 5.41) is 12.1. The van der Waals surface area contributed by atoms with Gasteiger partial charge in [0.1, 0.15) is 11.5 Å². The van der Waals surface area contributed by atoms with Crippen LogP contribution >= 0.6 is 0 Å². The molecule has 0 radical (unpaired) electrons. The fourth-order valence-electron chi connectivity index (χ4n) is 2.71. The van der Waals surface area contributed by atoms with Gasteiger partial charge in [0.05, 0.1) is 29.8 Å². The molecule has 0 aliphatic rings. The first kappa shape index (κ1) is 18.4. The smallest absolute Gasteiger partial charge is 0.276 e. The third kappa shape index (κ3) is 4.00. The fourth-order valence-corrected chi connectivity index (χ4v) is 2.71. The molecule has 146 valence electrons. The van der Waals surface area contributed by atoms with Gasteiger partial charge in [0.2, 0.25) is 0 Å². The number of hydrogen-bond acceptors (Lipinski definition) is 7. The third-order valence-corrected chi connectivity index (χ3v) is 4.20. The monoisotopic (exact) mass is 393 g/mol. The van der Waals surface area contributed by atoms with Gasteiger partial charge < -0.3 is 9.42 Å². The van der Waals surface area contributed by atoms with Crippen molar-refractivity contribution in [3.05, 3.63) is 72.2 Å². The van der Waals surface area contributed by atoms with Crippen molar-refractivity contribution in [3.8, 4) is 17.3 Å². The lowest BCUT2D eigenvalue weighted by Crippen LogP contribution is -2.30. The number of hydrogen-bond donors (Lipinski definition) is 0. The predicted molar refractivity (Wildman–Crippen MR) is 99.5 cm³/mol. The van der Waals surface area contributed by atoms with Crippen molar-refractivity contribution in [2.75, 3.05) is 13.6 Å². The van der Waals surface area contributed by atoms with Gasteiger partial charge >= 0.3 is 0 Å². The van der Waals surface area contributed by atoms with Crippen molar-refractivity contribution >= 4 is 5.91 Å². The summed E-state index contributed by atoms with van der Waals surface area (Å²) in [4.78, 5) is 24.0. The van der Waals surface area contributed by atoms with E-state index in [9.17, 15) is 9.18 Å². The Hall–Kier alpha value is -3.95. The highest BCUT2D eigenvalue weighted by Crippen LogP contribution is 2.16. The zero-order chi connectivity index (χ0) is 20.2. The van der Waals surface area contributed by atoms with Crippen molar-refractivity contribution in [2.45, 2.75) is 6.42 Å². The Bertz CT molecular complexity index is 1110. The summed E-state index contributed by atoms with van der Waals surface area (Å²) in [6.07, 6.45) is 4.57. The Labute approximate surface area is 164 Å². The topological polar surface area (TPSA) is 103 Å². The standard InChI is InChI=1S/C19H16FN7O2/c1-26(19(28)14-4-2-3-5-16(14)27-22-9-10-23-27)11-8-17-24-18(29-25-17)15-7-6-13(20)12-21-15/h2-7,9-10,12H,8,11H2,1H3. The minimum absolute atomic E-state index is 0.179. The minimum Gasteiger partial charge on any atom is -0.341 e. The van der Waals surface area contributed by atoms with Crippen molar-refractivity contribution in [2.24, 2.45) is 0 Å². The number of aromatic nitrogens is 6. The Morgan fingerprint density at radius 2 is 1.97 bits per heavy atom. The van der Waals surface area contributed by atoms with E-state index in [2.05, 4.69) is 25.3 Å². The quantitative estimate of drug-likeness (QED) is 0.494. The molecule has 0 spiro atoms. The van der Waals surface area contributed by atoms with E-state index in [0.29, 0.717) is 35.7 Å². The van der Waals surface area contributed by atoms with Gasteiger partial charge in [-0.1, -0.05) is 17.3 Å². The molecular formula is C19H16FN7O2. The van der Waals surface area contributed by atoms with Gasteiger partial charge in [-0.05, 0) is 24.3 Å². The predicted octanol–water partition coefficient (Wildman–Crippen LogP) is 2.17. The Morgan fingerprint density at radius 1 is 1.17 bits per heavy atom. The van der Waals surface area contributed by atoms with Gasteiger partial charge in [-0.2, -0.15) is 20.0 Å². The van der Waals surface area contributed by atoms with Gasteiger partial charge in [-0.15, -0.1) is 0 Å². The lowest BCUT2D eigenvalue weighted by atomic mass is 10.1. The first-order chi connectivity index (χ1) is 14.1. The van der Waals surface area contributed by atoms with Gasteiger partial charge in [0.25, 0.3) is 11.8 Å². The molecule has 0 N–H and O–H groups in total. The molecule has 0 fully saturated rings. The molecule has 9 nitrogen and oxygen atoms in total. The Balaban J connectivity index is 1.44. The third-order valence-electron chi connectivity index (χ3n) is 4.20. The molecular weight excluding hydrogens is 377 g/mol. The van der Waals surface area contributed by atoms with Crippen LogP contribution in [-0.2, 0) is 6.42 Å². The molecule has 10 heteroatoms. The van der Waals surface area contributed by atoms with Crippen molar-refractivity contribution in [1.29, 1.82) is 0 Å². The van der Waals surface area contributed by atoms with Crippen LogP contribution in [0.2, 0.25) is 0 Å². The summed E-state index contributed by atoms with van der Waals surface area (Å²) in [7, 11) is 1.69. The van der Waals surface area contributed by atoms with Crippen molar-refractivity contribution < 1.29 is 13.7 Å². The lowest BCUT2D eigenvalue weighted by molar-refractivity contribution is 0.0795. The van der Waals surface area contributed by atoms with Crippen molar-refractivity contribution in [1.82, 2.24) is 35.0 Å². The summed E-state index contributed by atoms with van der Waals surface area (Å²) >= 11 is 0. The average molecular weight is 393 g/mol. The number of amides is 1. The molecule has 3 heterocycles. The van der Waals surface area contributed by atoms with Crippen molar-refractivity contribution in [3.63, 3.8) is 0 Å². The highest BCUT2D eigenvalue weighted by molar-refractivity contribution is 5.97. The molecule has 0 unspecified atom stereocenters. The SMILES string of the molecule is CN(CCc1noc(-c2ccc(F)cn2)n1)C(=O)c1ccccc1-n1nccn1. The molecule has 0 atom stereocenters. The Morgan fingerprint density at radius 3 is 2.72 bits per heavy atom. The largest absolute Gasteiger partial charge is 0.341 e. The highest BCUT2D eigenvalue weighted by Gasteiger charge is 2.18. The summed E-state index contributed by atoms with van der Waals surface area (Å²) in [6.45, 7) is 0.371. The summed E-state index contributed by atoms with van der Waals surface area (Å²) < 4.78 is 18.1. The molecule has 1 amide bonds. The number of carbonyl (C=O) groups is 1. The molecule has 0 aliphatic heterocycles. The number of halogens is 1. The number of nitrogens with zero attached hydrogens (tertiary/aromatic N) is 7. The van der Waals surface area contributed by atoms with E-state index in [1.54, 1.807) is 42.5 Å². The molecule has 1 aromatic carbocycles. The summed E-state index contributed by atoms with van der Waals surface area (Å²) in [5.41, 5.74) is 1.46. The molecule has 3 aromatic heterocycles. The van der Waals surface area contributed by atoms with Crippen LogP contribution in [0, 0.1) is 5.82 Å².